The van der Waals surface area contributed by atoms with Crippen molar-refractivity contribution in [1.82, 2.24) is 29.8 Å². The Hall–Kier alpha value is -2.81. The van der Waals surface area contributed by atoms with Crippen molar-refractivity contribution in [2.24, 2.45) is 0 Å². The third kappa shape index (κ3) is 2.62. The number of fused-ring (bicyclic) bond motifs is 1. The van der Waals surface area contributed by atoms with Crippen LogP contribution >= 0.6 is 0 Å². The van der Waals surface area contributed by atoms with Crippen molar-refractivity contribution in [2.45, 2.75) is 12.6 Å². The van der Waals surface area contributed by atoms with Crippen molar-refractivity contribution in [3.05, 3.63) is 36.5 Å². The summed E-state index contributed by atoms with van der Waals surface area (Å²) in [5.74, 6) is 2.52. The topological polar surface area (TPSA) is 84.6 Å². The third-order valence-corrected chi connectivity index (χ3v) is 4.21. The molecule has 9 nitrogen and oxygen atoms in total. The first-order valence-corrected chi connectivity index (χ1v) is 7.70. The van der Waals surface area contributed by atoms with Crippen LogP contribution < -0.4 is 9.80 Å². The molecule has 3 aromatic rings. The second kappa shape index (κ2) is 6.00. The lowest BCUT2D eigenvalue weighted by molar-refractivity contribution is 0.178. The van der Waals surface area contributed by atoms with Gasteiger partial charge in [0, 0.05) is 33.4 Å². The number of likely N-dealkylation sites (N-methyl/N-ethyl adjacent to an activating group) is 1. The molecule has 0 radical (unpaired) electrons. The van der Waals surface area contributed by atoms with Crippen molar-refractivity contribution >= 4 is 17.3 Å². The molecule has 0 aromatic carbocycles. The Morgan fingerprint density at radius 2 is 2.17 bits per heavy atom. The van der Waals surface area contributed by atoms with Crippen LogP contribution in [0.15, 0.2) is 30.7 Å². The van der Waals surface area contributed by atoms with Gasteiger partial charge in [-0.25, -0.2) is 9.97 Å². The number of hydrogen-bond donors (Lipinski definition) is 0. The van der Waals surface area contributed by atoms with E-state index in [1.54, 1.807) is 24.1 Å². The predicted octanol–water partition coefficient (Wildman–Crippen LogP) is 0.386. The molecule has 1 saturated heterocycles. The highest BCUT2D eigenvalue weighted by molar-refractivity contribution is 5.50. The van der Waals surface area contributed by atoms with Gasteiger partial charge in [-0.05, 0) is 18.2 Å². The molecule has 1 fully saturated rings. The first kappa shape index (κ1) is 14.8. The Morgan fingerprint density at radius 1 is 1.29 bits per heavy atom. The lowest BCUT2D eigenvalue weighted by Crippen LogP contribution is -2.59. The van der Waals surface area contributed by atoms with Crippen LogP contribution in [0.3, 0.4) is 0 Å². The zero-order chi connectivity index (χ0) is 16.5. The molecule has 9 heteroatoms. The first-order valence-electron chi connectivity index (χ1n) is 7.70. The molecule has 124 valence electrons. The van der Waals surface area contributed by atoms with E-state index in [9.17, 15) is 0 Å². The minimum atomic E-state index is 0.383. The summed E-state index contributed by atoms with van der Waals surface area (Å²) in [4.78, 5) is 13.1. The molecule has 0 spiro atoms. The molecule has 1 aliphatic rings. The van der Waals surface area contributed by atoms with Gasteiger partial charge >= 0.3 is 0 Å². The van der Waals surface area contributed by atoms with Gasteiger partial charge in [0.05, 0.1) is 6.04 Å². The number of rotatable bonds is 5. The molecule has 3 aromatic heterocycles. The normalized spacial score (nSPS) is 14.8. The van der Waals surface area contributed by atoms with E-state index in [0.717, 1.165) is 30.4 Å². The third-order valence-electron chi connectivity index (χ3n) is 4.21. The van der Waals surface area contributed by atoms with Gasteiger partial charge in [0.25, 0.3) is 0 Å². The van der Waals surface area contributed by atoms with E-state index >= 15 is 0 Å². The summed E-state index contributed by atoms with van der Waals surface area (Å²) in [6.45, 7) is 2.20. The van der Waals surface area contributed by atoms with E-state index in [0.29, 0.717) is 18.5 Å². The molecular formula is C15H18N8O. The second-order valence-corrected chi connectivity index (χ2v) is 5.76. The van der Waals surface area contributed by atoms with Crippen LogP contribution in [0, 0.1) is 0 Å². The summed E-state index contributed by atoms with van der Waals surface area (Å²) in [7, 11) is 3.69. The highest BCUT2D eigenvalue weighted by atomic mass is 16.5. The number of anilines is 2. The zero-order valence-corrected chi connectivity index (χ0v) is 13.6. The smallest absolute Gasteiger partial charge is 0.177 e. The minimum absolute atomic E-state index is 0.383. The van der Waals surface area contributed by atoms with Crippen molar-refractivity contribution in [3.63, 3.8) is 0 Å². The van der Waals surface area contributed by atoms with E-state index in [4.69, 9.17) is 4.74 Å². The van der Waals surface area contributed by atoms with Crippen LogP contribution in [-0.4, -0.2) is 63.1 Å². The molecule has 4 rings (SSSR count). The fourth-order valence-corrected chi connectivity index (χ4v) is 2.74. The molecule has 0 atom stereocenters. The van der Waals surface area contributed by atoms with Crippen LogP contribution in [-0.2, 0) is 11.3 Å². The number of aromatic nitrogens is 6. The Bertz CT molecular complexity index is 844. The Balaban J connectivity index is 1.43. The number of methoxy groups -OCH3 is 1. The summed E-state index contributed by atoms with van der Waals surface area (Å²) < 4.78 is 6.78. The van der Waals surface area contributed by atoms with Gasteiger partial charge in [-0.1, -0.05) is 0 Å². The number of hydrogen-bond acceptors (Lipinski definition) is 8. The molecule has 24 heavy (non-hydrogen) atoms. The molecule has 0 N–H and O–H groups in total. The summed E-state index contributed by atoms with van der Waals surface area (Å²) in [5.41, 5.74) is 0.750. The number of ether oxygens (including phenoxy) is 1. The van der Waals surface area contributed by atoms with Gasteiger partial charge < -0.3 is 14.5 Å². The Labute approximate surface area is 138 Å². The summed E-state index contributed by atoms with van der Waals surface area (Å²) in [6, 6.07) is 6.20. The van der Waals surface area contributed by atoms with Crippen LogP contribution in [0.25, 0.3) is 5.65 Å². The van der Waals surface area contributed by atoms with Gasteiger partial charge in [0.15, 0.2) is 11.5 Å². The molecule has 0 saturated carbocycles. The minimum Gasteiger partial charge on any atom is -0.377 e. The van der Waals surface area contributed by atoms with Crippen molar-refractivity contribution in [3.8, 4) is 0 Å². The Kier molecular flexibility index (Phi) is 3.69. The molecule has 0 amide bonds. The van der Waals surface area contributed by atoms with Crippen LogP contribution in [0.4, 0.5) is 11.6 Å². The lowest BCUT2D eigenvalue weighted by Gasteiger charge is -2.44. The largest absolute Gasteiger partial charge is 0.377 e. The molecular weight excluding hydrogens is 308 g/mol. The average molecular weight is 326 g/mol. The fraction of sp³-hybridized carbons (Fsp3) is 0.400. The van der Waals surface area contributed by atoms with Crippen LogP contribution in [0.1, 0.15) is 5.82 Å². The summed E-state index contributed by atoms with van der Waals surface area (Å²) in [5, 5.41) is 12.3. The second-order valence-electron chi connectivity index (χ2n) is 5.76. The standard InChI is InChI=1S/C15H18N8O/c1-21(13-5-6-16-12(18-13)9-24-2)11-7-22(8-11)15-4-3-14-19-17-10-23(14)20-15/h3-6,10-11H,7-9H2,1-2H3. The van der Waals surface area contributed by atoms with Gasteiger partial charge in [0.1, 0.15) is 24.6 Å². The maximum absolute atomic E-state index is 5.09. The van der Waals surface area contributed by atoms with E-state index < -0.39 is 0 Å². The van der Waals surface area contributed by atoms with Crippen molar-refractivity contribution < 1.29 is 4.74 Å². The zero-order valence-electron chi connectivity index (χ0n) is 13.6. The quantitative estimate of drug-likeness (QED) is 0.665. The van der Waals surface area contributed by atoms with Crippen LogP contribution in [0.2, 0.25) is 0 Å². The lowest BCUT2D eigenvalue weighted by atomic mass is 10.1. The SMILES string of the molecule is COCc1nccc(N(C)C2CN(c3ccc4nncn4n3)C2)n1. The molecule has 1 aliphatic heterocycles. The maximum atomic E-state index is 5.09. The predicted molar refractivity (Wildman–Crippen MR) is 87.9 cm³/mol. The molecule has 0 unspecified atom stereocenters. The van der Waals surface area contributed by atoms with E-state index in [1.807, 2.05) is 18.2 Å². The van der Waals surface area contributed by atoms with Crippen molar-refractivity contribution in [1.29, 1.82) is 0 Å². The monoisotopic (exact) mass is 326 g/mol. The average Bonchev–Trinajstić information content (AvgIpc) is 3.02. The molecule has 0 bridgehead atoms. The van der Waals surface area contributed by atoms with E-state index in [1.165, 1.54) is 0 Å². The van der Waals surface area contributed by atoms with E-state index in [-0.39, 0.29) is 0 Å². The number of nitrogens with zero attached hydrogens (tertiary/aromatic N) is 8. The molecule has 0 aliphatic carbocycles. The van der Waals surface area contributed by atoms with Gasteiger partial charge in [-0.15, -0.1) is 15.3 Å². The van der Waals surface area contributed by atoms with Crippen molar-refractivity contribution in [2.75, 3.05) is 37.0 Å². The fourth-order valence-electron chi connectivity index (χ4n) is 2.74. The van der Waals surface area contributed by atoms with Gasteiger partial charge in [-0.3, -0.25) is 0 Å². The van der Waals surface area contributed by atoms with E-state index in [2.05, 4.69) is 42.1 Å². The first-order chi connectivity index (χ1) is 11.7. The highest BCUT2D eigenvalue weighted by Gasteiger charge is 2.32. The van der Waals surface area contributed by atoms with Gasteiger partial charge in [-0.2, -0.15) is 4.52 Å². The summed E-state index contributed by atoms with van der Waals surface area (Å²) in [6.07, 6.45) is 3.38. The summed E-state index contributed by atoms with van der Waals surface area (Å²) >= 11 is 0. The highest BCUT2D eigenvalue weighted by Crippen LogP contribution is 2.24. The Morgan fingerprint density at radius 3 is 3.00 bits per heavy atom. The molecule has 4 heterocycles. The maximum Gasteiger partial charge on any atom is 0.177 e. The van der Waals surface area contributed by atoms with Gasteiger partial charge in [0.2, 0.25) is 0 Å². The van der Waals surface area contributed by atoms with Crippen LogP contribution in [0.5, 0.6) is 0 Å².